The highest BCUT2D eigenvalue weighted by molar-refractivity contribution is 7.09. The number of rotatable bonds is 7. The molecule has 3 rings (SSSR count). The molecule has 4 nitrogen and oxygen atoms in total. The van der Waals surface area contributed by atoms with E-state index in [4.69, 9.17) is 0 Å². The second-order valence-corrected chi connectivity index (χ2v) is 7.38. The van der Waals surface area contributed by atoms with Crippen LogP contribution in [0.2, 0.25) is 0 Å². The summed E-state index contributed by atoms with van der Waals surface area (Å²) in [5, 5.41) is 2.95. The van der Waals surface area contributed by atoms with Gasteiger partial charge in [-0.25, -0.2) is 4.98 Å². The number of carbonyl (C=O) groups excluding carboxylic acids is 1. The SMILES string of the molecule is CCc1ccc(CN(Cc2cccnc2)C(=O)Cc2csc(C)n2)cc1. The highest BCUT2D eigenvalue weighted by Gasteiger charge is 2.17. The van der Waals surface area contributed by atoms with Gasteiger partial charge in [-0.2, -0.15) is 0 Å². The van der Waals surface area contributed by atoms with Gasteiger partial charge < -0.3 is 4.90 Å². The van der Waals surface area contributed by atoms with Crippen LogP contribution >= 0.6 is 11.3 Å². The number of hydrogen-bond acceptors (Lipinski definition) is 4. The van der Waals surface area contributed by atoms with Crippen LogP contribution in [0.15, 0.2) is 54.2 Å². The summed E-state index contributed by atoms with van der Waals surface area (Å²) in [6, 6.07) is 12.4. The smallest absolute Gasteiger partial charge is 0.229 e. The van der Waals surface area contributed by atoms with Crippen molar-refractivity contribution in [3.8, 4) is 0 Å². The summed E-state index contributed by atoms with van der Waals surface area (Å²) in [5.74, 6) is 0.0821. The Labute approximate surface area is 158 Å². The molecule has 0 aliphatic rings. The molecule has 0 N–H and O–H groups in total. The van der Waals surface area contributed by atoms with E-state index in [0.717, 1.165) is 28.2 Å². The number of carbonyl (C=O) groups is 1. The zero-order valence-electron chi connectivity index (χ0n) is 15.2. The number of nitrogens with zero attached hydrogens (tertiary/aromatic N) is 3. The third kappa shape index (κ3) is 4.99. The molecule has 2 aromatic heterocycles. The lowest BCUT2D eigenvalue weighted by atomic mass is 10.1. The van der Waals surface area contributed by atoms with Gasteiger partial charge in [0.15, 0.2) is 0 Å². The summed E-state index contributed by atoms with van der Waals surface area (Å²) in [7, 11) is 0. The van der Waals surface area contributed by atoms with Crippen molar-refractivity contribution in [3.63, 3.8) is 0 Å². The van der Waals surface area contributed by atoms with E-state index in [9.17, 15) is 4.79 Å². The third-order valence-corrected chi connectivity index (χ3v) is 5.07. The molecule has 134 valence electrons. The van der Waals surface area contributed by atoms with Crippen molar-refractivity contribution in [3.05, 3.63) is 81.6 Å². The number of thiazole rings is 1. The Morgan fingerprint density at radius 1 is 1.08 bits per heavy atom. The highest BCUT2D eigenvalue weighted by Crippen LogP contribution is 2.15. The molecule has 0 radical (unpaired) electrons. The van der Waals surface area contributed by atoms with Crippen molar-refractivity contribution < 1.29 is 4.79 Å². The van der Waals surface area contributed by atoms with Crippen molar-refractivity contribution >= 4 is 17.2 Å². The number of benzene rings is 1. The van der Waals surface area contributed by atoms with Gasteiger partial charge in [0.25, 0.3) is 0 Å². The van der Waals surface area contributed by atoms with Crippen molar-refractivity contribution in [2.24, 2.45) is 0 Å². The average Bonchev–Trinajstić information content (AvgIpc) is 3.07. The van der Waals surface area contributed by atoms with E-state index in [-0.39, 0.29) is 5.91 Å². The minimum Gasteiger partial charge on any atom is -0.334 e. The summed E-state index contributed by atoms with van der Waals surface area (Å²) in [4.78, 5) is 23.4. The van der Waals surface area contributed by atoms with Gasteiger partial charge in [0.1, 0.15) is 0 Å². The highest BCUT2D eigenvalue weighted by atomic mass is 32.1. The molecule has 1 amide bonds. The van der Waals surface area contributed by atoms with Gasteiger partial charge in [0.2, 0.25) is 5.91 Å². The van der Waals surface area contributed by atoms with E-state index >= 15 is 0 Å². The van der Waals surface area contributed by atoms with Gasteiger partial charge in [0, 0.05) is 30.9 Å². The average molecular weight is 366 g/mol. The Balaban J connectivity index is 1.76. The molecule has 0 saturated carbocycles. The number of hydrogen-bond donors (Lipinski definition) is 0. The van der Waals surface area contributed by atoms with Gasteiger partial charge in [-0.3, -0.25) is 9.78 Å². The van der Waals surface area contributed by atoms with Crippen LogP contribution in [0.5, 0.6) is 0 Å². The van der Waals surface area contributed by atoms with E-state index in [0.29, 0.717) is 19.5 Å². The fourth-order valence-electron chi connectivity index (χ4n) is 2.80. The molecule has 0 aliphatic heterocycles. The van der Waals surface area contributed by atoms with Crippen LogP contribution in [0, 0.1) is 6.92 Å². The Morgan fingerprint density at radius 2 is 1.81 bits per heavy atom. The second-order valence-electron chi connectivity index (χ2n) is 6.32. The van der Waals surface area contributed by atoms with Gasteiger partial charge >= 0.3 is 0 Å². The molecule has 3 aromatic rings. The number of aromatic nitrogens is 2. The molecule has 0 saturated heterocycles. The van der Waals surface area contributed by atoms with Crippen LogP contribution in [-0.2, 0) is 30.7 Å². The fraction of sp³-hybridized carbons (Fsp3) is 0.286. The van der Waals surface area contributed by atoms with E-state index in [1.165, 1.54) is 5.56 Å². The maximum Gasteiger partial charge on any atom is 0.229 e. The fourth-order valence-corrected chi connectivity index (χ4v) is 3.41. The van der Waals surface area contributed by atoms with Gasteiger partial charge in [-0.05, 0) is 36.1 Å². The first-order valence-electron chi connectivity index (χ1n) is 8.79. The third-order valence-electron chi connectivity index (χ3n) is 4.25. The topological polar surface area (TPSA) is 46.1 Å². The van der Waals surface area contributed by atoms with Crippen molar-refractivity contribution in [1.82, 2.24) is 14.9 Å². The summed E-state index contributed by atoms with van der Waals surface area (Å²) < 4.78 is 0. The number of aryl methyl sites for hydroxylation is 2. The predicted molar refractivity (Wildman–Crippen MR) is 105 cm³/mol. The largest absolute Gasteiger partial charge is 0.334 e. The van der Waals surface area contributed by atoms with E-state index in [1.54, 1.807) is 17.5 Å². The summed E-state index contributed by atoms with van der Waals surface area (Å²) in [6.45, 7) is 5.23. The van der Waals surface area contributed by atoms with Crippen LogP contribution in [0.3, 0.4) is 0 Å². The molecule has 5 heteroatoms. The predicted octanol–water partition coefficient (Wildman–Crippen LogP) is 4.18. The molecule has 0 fully saturated rings. The minimum atomic E-state index is 0.0821. The number of pyridine rings is 1. The van der Waals surface area contributed by atoms with Crippen LogP contribution < -0.4 is 0 Å². The molecular formula is C21H23N3OS. The van der Waals surface area contributed by atoms with Crippen molar-refractivity contribution in [2.45, 2.75) is 39.8 Å². The minimum absolute atomic E-state index is 0.0821. The molecule has 1 aromatic carbocycles. The normalized spacial score (nSPS) is 10.7. The zero-order valence-corrected chi connectivity index (χ0v) is 16.0. The quantitative estimate of drug-likeness (QED) is 0.631. The van der Waals surface area contributed by atoms with Crippen LogP contribution in [0.4, 0.5) is 0 Å². The van der Waals surface area contributed by atoms with Gasteiger partial charge in [-0.1, -0.05) is 37.3 Å². The van der Waals surface area contributed by atoms with Crippen molar-refractivity contribution in [1.29, 1.82) is 0 Å². The monoisotopic (exact) mass is 365 g/mol. The van der Waals surface area contributed by atoms with Gasteiger partial charge in [-0.15, -0.1) is 11.3 Å². The summed E-state index contributed by atoms with van der Waals surface area (Å²) in [6.07, 6.45) is 4.91. The Morgan fingerprint density at radius 3 is 2.42 bits per heavy atom. The van der Waals surface area contributed by atoms with E-state index < -0.39 is 0 Å². The standard InChI is InChI=1S/C21H23N3OS/c1-3-17-6-8-18(9-7-17)13-24(14-19-5-4-10-22-12-19)21(25)11-20-15-26-16(2)23-20/h4-10,12,15H,3,11,13-14H2,1-2H3. The van der Waals surface area contributed by atoms with Crippen LogP contribution in [0.1, 0.15) is 34.3 Å². The van der Waals surface area contributed by atoms with Crippen LogP contribution in [0.25, 0.3) is 0 Å². The zero-order chi connectivity index (χ0) is 18.4. The maximum atomic E-state index is 12.9. The lowest BCUT2D eigenvalue weighted by molar-refractivity contribution is -0.131. The van der Waals surface area contributed by atoms with Crippen molar-refractivity contribution in [2.75, 3.05) is 0 Å². The summed E-state index contributed by atoms with van der Waals surface area (Å²) in [5.41, 5.74) is 4.31. The molecule has 26 heavy (non-hydrogen) atoms. The molecule has 2 heterocycles. The first kappa shape index (κ1) is 18.3. The Hall–Kier alpha value is -2.53. The Kier molecular flexibility index (Phi) is 6.12. The Bertz CT molecular complexity index is 843. The summed E-state index contributed by atoms with van der Waals surface area (Å²) >= 11 is 1.58. The maximum absolute atomic E-state index is 12.9. The molecule has 0 atom stereocenters. The van der Waals surface area contributed by atoms with E-state index in [1.807, 2.05) is 35.5 Å². The molecule has 0 bridgehead atoms. The second kappa shape index (κ2) is 8.72. The van der Waals surface area contributed by atoms with Gasteiger partial charge in [0.05, 0.1) is 17.1 Å². The molecular weight excluding hydrogens is 342 g/mol. The lowest BCUT2D eigenvalue weighted by Crippen LogP contribution is -2.31. The first-order valence-corrected chi connectivity index (χ1v) is 9.67. The molecule has 0 aliphatic carbocycles. The lowest BCUT2D eigenvalue weighted by Gasteiger charge is -2.23. The van der Waals surface area contributed by atoms with E-state index in [2.05, 4.69) is 41.2 Å². The van der Waals surface area contributed by atoms with Crippen LogP contribution in [-0.4, -0.2) is 20.8 Å². The molecule has 0 unspecified atom stereocenters. The first-order chi connectivity index (χ1) is 12.6. The number of amides is 1. The molecule has 0 spiro atoms.